The summed E-state index contributed by atoms with van der Waals surface area (Å²) in [5.74, 6) is 0.0142. The minimum absolute atomic E-state index is 0.0360. The monoisotopic (exact) mass is 458 g/mol. The number of rotatable bonds is 7. The number of methoxy groups -OCH3 is 1. The van der Waals surface area contributed by atoms with E-state index in [0.717, 1.165) is 18.0 Å². The number of hydrogen-bond donors (Lipinski definition) is 1. The number of nitrogens with one attached hydrogen (secondary N) is 1. The summed E-state index contributed by atoms with van der Waals surface area (Å²) in [6.07, 6.45) is -1.30. The van der Waals surface area contributed by atoms with E-state index in [1.54, 1.807) is 35.1 Å². The molecule has 1 N–H and O–H groups in total. The molecule has 0 saturated carbocycles. The molecule has 0 bridgehead atoms. The number of carbonyl (C=O) groups excluding carboxylic acids is 1. The van der Waals surface area contributed by atoms with Crippen LogP contribution in [0.25, 0.3) is 16.9 Å². The summed E-state index contributed by atoms with van der Waals surface area (Å²) in [4.78, 5) is 17.0. The molecule has 1 amide bonds. The molecule has 8 nitrogen and oxygen atoms in total. The zero-order chi connectivity index (χ0) is 23.6. The number of halogens is 3. The number of amides is 1. The first kappa shape index (κ1) is 22.3. The van der Waals surface area contributed by atoms with Crippen molar-refractivity contribution in [1.82, 2.24) is 29.7 Å². The van der Waals surface area contributed by atoms with Gasteiger partial charge in [-0.2, -0.15) is 23.4 Å². The molecule has 3 aromatic heterocycles. The Kier molecular flexibility index (Phi) is 6.03. The van der Waals surface area contributed by atoms with Crippen LogP contribution in [0.1, 0.15) is 28.2 Å². The number of nitrogens with zero attached hydrogens (tertiary/aromatic N) is 5. The zero-order valence-electron chi connectivity index (χ0n) is 17.9. The van der Waals surface area contributed by atoms with Crippen molar-refractivity contribution in [2.45, 2.75) is 26.1 Å². The van der Waals surface area contributed by atoms with E-state index in [1.807, 2.05) is 13.0 Å². The molecule has 0 radical (unpaired) electrons. The van der Waals surface area contributed by atoms with Crippen molar-refractivity contribution in [3.63, 3.8) is 0 Å². The molecule has 0 unspecified atom stereocenters. The van der Waals surface area contributed by atoms with Gasteiger partial charge >= 0.3 is 6.18 Å². The normalized spacial score (nSPS) is 11.7. The fourth-order valence-electron chi connectivity index (χ4n) is 3.39. The zero-order valence-corrected chi connectivity index (χ0v) is 17.9. The van der Waals surface area contributed by atoms with Gasteiger partial charge in [0, 0.05) is 30.5 Å². The Labute approximate surface area is 187 Å². The van der Waals surface area contributed by atoms with Crippen LogP contribution in [-0.2, 0) is 12.7 Å². The molecule has 0 aliphatic rings. The Morgan fingerprint density at radius 2 is 1.91 bits per heavy atom. The molecule has 0 spiro atoms. The second-order valence-electron chi connectivity index (χ2n) is 7.35. The van der Waals surface area contributed by atoms with Crippen molar-refractivity contribution < 1.29 is 22.7 Å². The smallest absolute Gasteiger partial charge is 0.433 e. The molecule has 11 heteroatoms. The van der Waals surface area contributed by atoms with Gasteiger partial charge in [0.05, 0.1) is 19.0 Å². The predicted octanol–water partition coefficient (Wildman–Crippen LogP) is 3.75. The average molecular weight is 458 g/mol. The Morgan fingerprint density at radius 3 is 2.55 bits per heavy atom. The molecular weight excluding hydrogens is 437 g/mol. The molecule has 0 aliphatic heterocycles. The third-order valence-corrected chi connectivity index (χ3v) is 5.15. The lowest BCUT2D eigenvalue weighted by molar-refractivity contribution is -0.142. The van der Waals surface area contributed by atoms with Crippen LogP contribution >= 0.6 is 0 Å². The summed E-state index contributed by atoms with van der Waals surface area (Å²) in [5.41, 5.74) is 0.291. The van der Waals surface area contributed by atoms with Gasteiger partial charge in [0.1, 0.15) is 11.3 Å². The minimum Gasteiger partial charge on any atom is -0.497 e. The summed E-state index contributed by atoms with van der Waals surface area (Å²) in [5, 5.41) is 10.7. The van der Waals surface area contributed by atoms with Crippen LogP contribution in [0.4, 0.5) is 13.2 Å². The summed E-state index contributed by atoms with van der Waals surface area (Å²) in [6, 6.07) is 9.24. The van der Waals surface area contributed by atoms with Crippen molar-refractivity contribution in [2.75, 3.05) is 13.7 Å². The van der Waals surface area contributed by atoms with E-state index in [2.05, 4.69) is 20.5 Å². The molecule has 172 valence electrons. The minimum atomic E-state index is -4.69. The summed E-state index contributed by atoms with van der Waals surface area (Å²) >= 11 is 0. The average Bonchev–Trinajstić information content (AvgIpc) is 3.41. The van der Waals surface area contributed by atoms with Crippen LogP contribution in [0.2, 0.25) is 0 Å². The lowest BCUT2D eigenvalue weighted by Gasteiger charge is -2.12. The van der Waals surface area contributed by atoms with Crippen LogP contribution in [0, 0.1) is 6.92 Å². The van der Waals surface area contributed by atoms with Crippen LogP contribution in [0.3, 0.4) is 0 Å². The highest BCUT2D eigenvalue weighted by Gasteiger charge is 2.36. The number of carbonyl (C=O) groups is 1. The third-order valence-electron chi connectivity index (χ3n) is 5.15. The van der Waals surface area contributed by atoms with E-state index in [0.29, 0.717) is 35.3 Å². The van der Waals surface area contributed by atoms with Gasteiger partial charge < -0.3 is 10.1 Å². The van der Waals surface area contributed by atoms with E-state index < -0.39 is 17.8 Å². The first-order valence-corrected chi connectivity index (χ1v) is 10.1. The van der Waals surface area contributed by atoms with Crippen molar-refractivity contribution >= 4 is 11.6 Å². The molecule has 1 aromatic carbocycles. The largest absolute Gasteiger partial charge is 0.497 e. The first-order valence-electron chi connectivity index (χ1n) is 10.1. The number of fused-ring (bicyclic) bond motifs is 1. The number of benzene rings is 1. The highest BCUT2D eigenvalue weighted by Crippen LogP contribution is 2.33. The molecule has 0 fully saturated rings. The molecule has 0 aliphatic carbocycles. The summed E-state index contributed by atoms with van der Waals surface area (Å²) in [7, 11) is 1.49. The topological polar surface area (TPSA) is 86.3 Å². The third kappa shape index (κ3) is 4.66. The fraction of sp³-hybridized carbons (Fsp3) is 0.273. The SMILES string of the molecule is COc1ccc(-c2cc(C(F)(F)F)n3ncc(C(=O)NCCCn4nccc4C)c3n2)cc1. The standard InChI is InChI=1S/C22H21F3N6O2/c1-14-8-10-27-30(14)11-3-9-26-21(32)17-13-28-31-19(22(23,24)25)12-18(29-20(17)31)15-4-6-16(33-2)7-5-15/h4-8,10,12-13H,3,9,11H2,1-2H3,(H,26,32). The molecule has 0 atom stereocenters. The Morgan fingerprint density at radius 1 is 1.15 bits per heavy atom. The quantitative estimate of drug-likeness (QED) is 0.427. The Balaban J connectivity index is 1.61. The number of aromatic nitrogens is 5. The lowest BCUT2D eigenvalue weighted by atomic mass is 10.1. The lowest BCUT2D eigenvalue weighted by Crippen LogP contribution is -2.25. The van der Waals surface area contributed by atoms with Crippen molar-refractivity contribution in [2.24, 2.45) is 0 Å². The second kappa shape index (κ2) is 8.93. The van der Waals surface area contributed by atoms with Gasteiger partial charge in [-0.15, -0.1) is 0 Å². The van der Waals surface area contributed by atoms with Crippen molar-refractivity contribution in [3.05, 3.63) is 65.7 Å². The number of aryl methyl sites for hydroxylation is 2. The van der Waals surface area contributed by atoms with Gasteiger partial charge in [-0.3, -0.25) is 9.48 Å². The Bertz CT molecular complexity index is 1280. The van der Waals surface area contributed by atoms with Gasteiger partial charge in [-0.05, 0) is 49.7 Å². The molecule has 0 saturated heterocycles. The summed E-state index contributed by atoms with van der Waals surface area (Å²) in [6.45, 7) is 2.85. The number of hydrogen-bond acceptors (Lipinski definition) is 5. The second-order valence-corrected chi connectivity index (χ2v) is 7.35. The van der Waals surface area contributed by atoms with Gasteiger partial charge in [0.2, 0.25) is 0 Å². The molecule has 33 heavy (non-hydrogen) atoms. The van der Waals surface area contributed by atoms with Gasteiger partial charge in [0.25, 0.3) is 5.91 Å². The van der Waals surface area contributed by atoms with E-state index in [9.17, 15) is 18.0 Å². The number of ether oxygens (including phenoxy) is 1. The van der Waals surface area contributed by atoms with Crippen LogP contribution in [0.5, 0.6) is 5.75 Å². The van der Waals surface area contributed by atoms with Gasteiger partial charge in [-0.25, -0.2) is 9.50 Å². The molecule has 3 heterocycles. The molecule has 4 aromatic rings. The Hall–Kier alpha value is -3.89. The molecular formula is C22H21F3N6O2. The van der Waals surface area contributed by atoms with Gasteiger partial charge in [0.15, 0.2) is 11.3 Å². The van der Waals surface area contributed by atoms with E-state index in [-0.39, 0.29) is 16.9 Å². The maximum atomic E-state index is 13.7. The van der Waals surface area contributed by atoms with Crippen molar-refractivity contribution in [1.29, 1.82) is 0 Å². The maximum absolute atomic E-state index is 13.7. The van der Waals surface area contributed by atoms with E-state index in [4.69, 9.17) is 4.74 Å². The van der Waals surface area contributed by atoms with Crippen LogP contribution in [-0.4, -0.2) is 43.9 Å². The maximum Gasteiger partial charge on any atom is 0.433 e. The molecule has 4 rings (SSSR count). The van der Waals surface area contributed by atoms with Crippen LogP contribution in [0.15, 0.2) is 48.8 Å². The van der Waals surface area contributed by atoms with E-state index in [1.165, 1.54) is 7.11 Å². The first-order chi connectivity index (χ1) is 15.8. The fourth-order valence-corrected chi connectivity index (χ4v) is 3.39. The highest BCUT2D eigenvalue weighted by atomic mass is 19.4. The number of alkyl halides is 3. The highest BCUT2D eigenvalue weighted by molar-refractivity contribution is 5.99. The van der Waals surface area contributed by atoms with Crippen molar-refractivity contribution in [3.8, 4) is 17.0 Å². The van der Waals surface area contributed by atoms with Crippen LogP contribution < -0.4 is 10.1 Å². The predicted molar refractivity (Wildman–Crippen MR) is 114 cm³/mol. The van der Waals surface area contributed by atoms with Gasteiger partial charge in [-0.1, -0.05) is 0 Å². The summed E-state index contributed by atoms with van der Waals surface area (Å²) < 4.78 is 48.8. The van der Waals surface area contributed by atoms with E-state index >= 15 is 0 Å².